The Bertz CT molecular complexity index is 541. The van der Waals surface area contributed by atoms with Crippen molar-refractivity contribution in [3.8, 4) is 0 Å². The van der Waals surface area contributed by atoms with E-state index in [4.69, 9.17) is 5.11 Å². The summed E-state index contributed by atoms with van der Waals surface area (Å²) in [6.45, 7) is 0.399. The lowest BCUT2D eigenvalue weighted by molar-refractivity contribution is -0.136. The Morgan fingerprint density at radius 2 is 2.37 bits per heavy atom. The molecule has 2 rings (SSSR count). The van der Waals surface area contributed by atoms with Gasteiger partial charge in [-0.3, -0.25) is 4.79 Å². The summed E-state index contributed by atoms with van der Waals surface area (Å²) >= 11 is 0. The first-order chi connectivity index (χ1) is 9.15. The van der Waals surface area contributed by atoms with Gasteiger partial charge in [0.15, 0.2) is 0 Å². The first kappa shape index (κ1) is 12.9. The van der Waals surface area contributed by atoms with Crippen LogP contribution in [0.1, 0.15) is 6.42 Å². The molecular formula is C12H15N5O2. The van der Waals surface area contributed by atoms with Crippen LogP contribution in [0.15, 0.2) is 30.9 Å². The van der Waals surface area contributed by atoms with Gasteiger partial charge in [-0.15, -0.1) is 0 Å². The third-order valence-electron chi connectivity index (χ3n) is 2.58. The summed E-state index contributed by atoms with van der Waals surface area (Å²) < 4.78 is 0. The van der Waals surface area contributed by atoms with Crippen LogP contribution in [0, 0.1) is 0 Å². The molecule has 0 aliphatic rings. The van der Waals surface area contributed by atoms with Crippen molar-refractivity contribution >= 4 is 23.3 Å². The fraction of sp³-hybridized carbons (Fsp3) is 0.250. The van der Waals surface area contributed by atoms with Crippen molar-refractivity contribution < 1.29 is 9.90 Å². The van der Waals surface area contributed by atoms with E-state index in [1.807, 2.05) is 18.5 Å². The molecule has 0 bridgehead atoms. The van der Waals surface area contributed by atoms with Crippen molar-refractivity contribution in [3.05, 3.63) is 30.9 Å². The number of hydrogen-bond donors (Lipinski definition) is 3. The summed E-state index contributed by atoms with van der Waals surface area (Å²) in [4.78, 5) is 23.5. The summed E-state index contributed by atoms with van der Waals surface area (Å²) in [6.07, 6.45) is 5.14. The maximum atomic E-state index is 10.5. The summed E-state index contributed by atoms with van der Waals surface area (Å²) in [5, 5.41) is 11.8. The number of carbonyl (C=O) groups is 1. The van der Waals surface area contributed by atoms with Crippen molar-refractivity contribution in [2.75, 3.05) is 23.8 Å². The minimum Gasteiger partial charge on any atom is -0.481 e. The molecule has 0 amide bonds. The van der Waals surface area contributed by atoms with E-state index in [0.29, 0.717) is 18.2 Å². The van der Waals surface area contributed by atoms with E-state index in [-0.39, 0.29) is 6.42 Å². The number of aliphatic carboxylic acids is 1. The highest BCUT2D eigenvalue weighted by molar-refractivity contribution is 5.67. The molecule has 0 saturated carbocycles. The van der Waals surface area contributed by atoms with Gasteiger partial charge in [-0.25, -0.2) is 9.97 Å². The van der Waals surface area contributed by atoms with Gasteiger partial charge in [0.05, 0.1) is 12.1 Å². The molecule has 2 aromatic rings. The Kier molecular flexibility index (Phi) is 3.97. The van der Waals surface area contributed by atoms with Crippen molar-refractivity contribution in [1.82, 2.24) is 15.0 Å². The summed E-state index contributed by atoms with van der Waals surface area (Å²) in [5.74, 6) is 0.507. The molecular weight excluding hydrogens is 246 g/mol. The number of nitrogens with one attached hydrogen (secondary N) is 2. The molecule has 0 fully saturated rings. The van der Waals surface area contributed by atoms with Crippen LogP contribution in [0.4, 0.5) is 17.3 Å². The van der Waals surface area contributed by atoms with Gasteiger partial charge in [0.2, 0.25) is 0 Å². The predicted molar refractivity (Wildman–Crippen MR) is 71.6 cm³/mol. The van der Waals surface area contributed by atoms with Crippen LogP contribution in [-0.2, 0) is 4.79 Å². The second-order valence-electron chi connectivity index (χ2n) is 4.05. The largest absolute Gasteiger partial charge is 0.481 e. The molecule has 0 radical (unpaired) electrons. The zero-order valence-electron chi connectivity index (χ0n) is 10.5. The second kappa shape index (κ2) is 5.85. The van der Waals surface area contributed by atoms with Crippen LogP contribution < -0.4 is 10.2 Å². The number of anilines is 3. The number of hydrogen-bond acceptors (Lipinski definition) is 5. The molecule has 0 aliphatic carbocycles. The highest BCUT2D eigenvalue weighted by atomic mass is 16.4. The molecule has 0 unspecified atom stereocenters. The lowest BCUT2D eigenvalue weighted by atomic mass is 10.4. The van der Waals surface area contributed by atoms with Crippen molar-refractivity contribution in [3.63, 3.8) is 0 Å². The van der Waals surface area contributed by atoms with Gasteiger partial charge in [0, 0.05) is 32.1 Å². The fourth-order valence-corrected chi connectivity index (χ4v) is 1.55. The highest BCUT2D eigenvalue weighted by Crippen LogP contribution is 2.17. The zero-order chi connectivity index (χ0) is 13.7. The molecule has 7 heteroatoms. The zero-order valence-corrected chi connectivity index (χ0v) is 10.5. The van der Waals surface area contributed by atoms with Gasteiger partial charge >= 0.3 is 5.97 Å². The molecule has 0 saturated heterocycles. The number of carboxylic acids is 1. The van der Waals surface area contributed by atoms with Gasteiger partial charge < -0.3 is 20.3 Å². The number of aromatic amines is 1. The Hall–Kier alpha value is -2.57. The summed E-state index contributed by atoms with van der Waals surface area (Å²) in [5.41, 5.74) is 0.901. The van der Waals surface area contributed by atoms with E-state index < -0.39 is 5.97 Å². The molecule has 2 aromatic heterocycles. The maximum absolute atomic E-state index is 10.5. The first-order valence-corrected chi connectivity index (χ1v) is 5.80. The smallest absolute Gasteiger partial charge is 0.305 e. The van der Waals surface area contributed by atoms with Gasteiger partial charge in [0.1, 0.15) is 18.0 Å². The third-order valence-corrected chi connectivity index (χ3v) is 2.58. The Balaban J connectivity index is 2.04. The molecule has 100 valence electrons. The minimum atomic E-state index is -0.827. The number of nitrogens with zero attached hydrogens (tertiary/aromatic N) is 3. The summed E-state index contributed by atoms with van der Waals surface area (Å²) in [6, 6.07) is 3.66. The Labute approximate surface area is 110 Å². The van der Waals surface area contributed by atoms with Gasteiger partial charge in [0.25, 0.3) is 0 Å². The standard InChI is InChI=1S/C12H15N5O2/c1-17(5-3-12(18)19)11-6-10(14-8-15-11)16-9-2-4-13-7-9/h2,4,6-8,13H,3,5H2,1H3,(H,18,19)(H,14,15,16). The molecule has 0 spiro atoms. The lowest BCUT2D eigenvalue weighted by Gasteiger charge is -2.17. The van der Waals surface area contributed by atoms with E-state index in [9.17, 15) is 4.79 Å². The lowest BCUT2D eigenvalue weighted by Crippen LogP contribution is -2.22. The maximum Gasteiger partial charge on any atom is 0.305 e. The van der Waals surface area contributed by atoms with Crippen LogP contribution >= 0.6 is 0 Å². The molecule has 0 atom stereocenters. The normalized spacial score (nSPS) is 10.2. The van der Waals surface area contributed by atoms with Gasteiger partial charge in [-0.05, 0) is 6.07 Å². The van der Waals surface area contributed by atoms with Crippen molar-refractivity contribution in [2.45, 2.75) is 6.42 Å². The van der Waals surface area contributed by atoms with Crippen LogP contribution in [-0.4, -0.2) is 39.6 Å². The van der Waals surface area contributed by atoms with Crippen LogP contribution in [0.2, 0.25) is 0 Å². The van der Waals surface area contributed by atoms with E-state index in [1.165, 1.54) is 6.33 Å². The SMILES string of the molecule is CN(CCC(=O)O)c1cc(Nc2cc[nH]c2)ncn1. The molecule has 0 aliphatic heterocycles. The Morgan fingerprint density at radius 3 is 3.05 bits per heavy atom. The monoisotopic (exact) mass is 261 g/mol. The number of H-pyrrole nitrogens is 1. The molecule has 2 heterocycles. The van der Waals surface area contributed by atoms with E-state index in [1.54, 1.807) is 18.0 Å². The van der Waals surface area contributed by atoms with Gasteiger partial charge in [-0.2, -0.15) is 0 Å². The van der Waals surface area contributed by atoms with Crippen molar-refractivity contribution in [1.29, 1.82) is 0 Å². The molecule has 7 nitrogen and oxygen atoms in total. The molecule has 19 heavy (non-hydrogen) atoms. The van der Waals surface area contributed by atoms with Gasteiger partial charge in [-0.1, -0.05) is 0 Å². The number of aromatic nitrogens is 3. The quantitative estimate of drug-likeness (QED) is 0.728. The fourth-order valence-electron chi connectivity index (χ4n) is 1.55. The summed E-state index contributed by atoms with van der Waals surface area (Å²) in [7, 11) is 1.80. The third kappa shape index (κ3) is 3.70. The van der Waals surface area contributed by atoms with Crippen molar-refractivity contribution in [2.24, 2.45) is 0 Å². The molecule has 0 aromatic carbocycles. The second-order valence-corrected chi connectivity index (χ2v) is 4.05. The molecule has 3 N–H and O–H groups in total. The first-order valence-electron chi connectivity index (χ1n) is 5.80. The highest BCUT2D eigenvalue weighted by Gasteiger charge is 2.06. The number of rotatable bonds is 6. The van der Waals surface area contributed by atoms with Crippen LogP contribution in [0.5, 0.6) is 0 Å². The predicted octanol–water partition coefficient (Wildman–Crippen LogP) is 1.46. The minimum absolute atomic E-state index is 0.0705. The van der Waals surface area contributed by atoms with Crippen LogP contribution in [0.25, 0.3) is 0 Å². The van der Waals surface area contributed by atoms with Crippen LogP contribution in [0.3, 0.4) is 0 Å². The van der Waals surface area contributed by atoms with E-state index in [0.717, 1.165) is 5.69 Å². The average Bonchev–Trinajstić information content (AvgIpc) is 2.89. The Morgan fingerprint density at radius 1 is 1.53 bits per heavy atom. The topological polar surface area (TPSA) is 94.1 Å². The number of carboxylic acid groups (broad SMARTS) is 1. The van der Waals surface area contributed by atoms with E-state index >= 15 is 0 Å². The average molecular weight is 261 g/mol. The van der Waals surface area contributed by atoms with E-state index in [2.05, 4.69) is 20.3 Å².